The molecule has 0 saturated carbocycles. The molecule has 0 spiro atoms. The number of hydrogen-bond acceptors (Lipinski definition) is 6. The molecule has 0 fully saturated rings. The summed E-state index contributed by atoms with van der Waals surface area (Å²) in [5.74, 6) is -0.0966. The Balaban J connectivity index is 1.64. The maximum atomic E-state index is 12.3. The Kier molecular flexibility index (Phi) is 5.59. The minimum absolute atomic E-state index is 0.147. The number of hydrogen-bond donors (Lipinski definition) is 1. The Bertz CT molecular complexity index is 1050. The number of para-hydroxylation sites is 1. The average molecular weight is 455 g/mol. The maximum absolute atomic E-state index is 12.3. The fraction of sp³-hybridized carbons (Fsp3) is 0.176. The lowest BCUT2D eigenvalue weighted by atomic mass is 10.3. The predicted molar refractivity (Wildman–Crippen MR) is 106 cm³/mol. The summed E-state index contributed by atoms with van der Waals surface area (Å²) in [4.78, 5) is 16.6. The summed E-state index contributed by atoms with van der Waals surface area (Å²) in [5.41, 5.74) is 0.763. The lowest BCUT2D eigenvalue weighted by Gasteiger charge is -2.06. The lowest BCUT2D eigenvalue weighted by molar-refractivity contribution is -0.115. The van der Waals surface area contributed by atoms with E-state index in [1.807, 2.05) is 18.2 Å². The first-order chi connectivity index (χ1) is 12.4. The quantitative estimate of drug-likeness (QED) is 0.610. The fourth-order valence-electron chi connectivity index (χ4n) is 2.28. The number of nitrogens with one attached hydrogen (secondary N) is 1. The van der Waals surface area contributed by atoms with E-state index < -0.39 is 15.7 Å². The number of fused-ring (bicyclic) bond motifs is 1. The molecule has 0 aliphatic carbocycles. The number of aromatic nitrogens is 1. The highest BCUT2D eigenvalue weighted by Crippen LogP contribution is 2.30. The van der Waals surface area contributed by atoms with E-state index in [1.165, 1.54) is 30.6 Å². The molecule has 3 aromatic rings. The number of anilines is 1. The van der Waals surface area contributed by atoms with Gasteiger partial charge in [0.05, 0.1) is 28.0 Å². The molecule has 3 rings (SSSR count). The fourth-order valence-corrected chi connectivity index (χ4v) is 5.01. The van der Waals surface area contributed by atoms with E-state index in [9.17, 15) is 13.2 Å². The minimum atomic E-state index is -3.54. The van der Waals surface area contributed by atoms with Crippen molar-refractivity contribution in [3.63, 3.8) is 0 Å². The number of carbonyl (C=O) groups excluding carboxylic acids is 1. The first-order valence-corrected chi connectivity index (χ1v) is 10.9. The molecule has 0 aliphatic heterocycles. The van der Waals surface area contributed by atoms with Crippen LogP contribution in [0.1, 0.15) is 6.42 Å². The molecule has 0 bridgehead atoms. The Morgan fingerprint density at radius 3 is 2.62 bits per heavy atom. The second kappa shape index (κ2) is 7.73. The lowest BCUT2D eigenvalue weighted by Crippen LogP contribution is -2.17. The van der Waals surface area contributed by atoms with Crippen LogP contribution in [0.3, 0.4) is 0 Å². The van der Waals surface area contributed by atoms with Gasteiger partial charge in [-0.2, -0.15) is 0 Å². The predicted octanol–water partition coefficient (Wildman–Crippen LogP) is 3.87. The number of benzene rings is 2. The zero-order valence-corrected chi connectivity index (χ0v) is 16.9. The molecule has 0 aliphatic rings. The summed E-state index contributed by atoms with van der Waals surface area (Å²) in [6.45, 7) is 0. The van der Waals surface area contributed by atoms with Gasteiger partial charge in [0.15, 0.2) is 15.0 Å². The third kappa shape index (κ3) is 4.22. The first-order valence-electron chi connectivity index (χ1n) is 7.61. The van der Waals surface area contributed by atoms with E-state index in [4.69, 9.17) is 4.74 Å². The number of rotatable bonds is 6. The molecule has 26 heavy (non-hydrogen) atoms. The monoisotopic (exact) mass is 454 g/mol. The van der Waals surface area contributed by atoms with Gasteiger partial charge in [-0.15, -0.1) is 0 Å². The highest BCUT2D eigenvalue weighted by molar-refractivity contribution is 9.10. The molecule has 136 valence electrons. The van der Waals surface area contributed by atoms with E-state index in [0.29, 0.717) is 10.9 Å². The van der Waals surface area contributed by atoms with Gasteiger partial charge in [0.1, 0.15) is 5.75 Å². The number of nitrogens with zero attached hydrogens (tertiary/aromatic N) is 1. The zero-order valence-electron chi connectivity index (χ0n) is 13.7. The van der Waals surface area contributed by atoms with Gasteiger partial charge in [-0.3, -0.25) is 4.79 Å². The summed E-state index contributed by atoms with van der Waals surface area (Å²) >= 11 is 4.75. The standard InChI is InChI=1S/C17H15BrN2O4S2/c1-24-11-5-7-12(8-6-11)26(22,23)10-9-15(21)19-17-20-16-13(18)3-2-4-14(16)25-17/h2-8H,9-10H2,1H3,(H,19,20,21). The minimum Gasteiger partial charge on any atom is -0.497 e. The van der Waals surface area contributed by atoms with Crippen LogP contribution in [0.2, 0.25) is 0 Å². The molecule has 0 saturated heterocycles. The topological polar surface area (TPSA) is 85.4 Å². The average Bonchev–Trinajstić information content (AvgIpc) is 3.04. The van der Waals surface area contributed by atoms with Crippen LogP contribution in [-0.2, 0) is 14.6 Å². The number of ether oxygens (including phenoxy) is 1. The van der Waals surface area contributed by atoms with Crippen LogP contribution < -0.4 is 10.1 Å². The van der Waals surface area contributed by atoms with Crippen molar-refractivity contribution in [3.8, 4) is 5.75 Å². The number of carbonyl (C=O) groups is 1. The molecule has 1 amide bonds. The third-order valence-electron chi connectivity index (χ3n) is 3.63. The van der Waals surface area contributed by atoms with Gasteiger partial charge in [-0.25, -0.2) is 13.4 Å². The highest BCUT2D eigenvalue weighted by Gasteiger charge is 2.17. The SMILES string of the molecule is COc1ccc(S(=O)(=O)CCC(=O)Nc2nc3c(Br)cccc3s2)cc1. The Labute approximate surface area is 163 Å². The number of halogens is 1. The molecule has 0 radical (unpaired) electrons. The summed E-state index contributed by atoms with van der Waals surface area (Å²) in [6, 6.07) is 11.8. The van der Waals surface area contributed by atoms with Crippen molar-refractivity contribution in [3.05, 3.63) is 46.9 Å². The van der Waals surface area contributed by atoms with Gasteiger partial charge in [0.25, 0.3) is 0 Å². The van der Waals surface area contributed by atoms with Crippen molar-refractivity contribution in [2.45, 2.75) is 11.3 Å². The van der Waals surface area contributed by atoms with Crippen LogP contribution in [0.25, 0.3) is 10.2 Å². The van der Waals surface area contributed by atoms with Crippen LogP contribution in [-0.4, -0.2) is 32.2 Å². The molecule has 1 heterocycles. The van der Waals surface area contributed by atoms with E-state index in [-0.39, 0.29) is 17.1 Å². The van der Waals surface area contributed by atoms with Crippen molar-refractivity contribution >= 4 is 58.4 Å². The summed E-state index contributed by atoms with van der Waals surface area (Å²) in [5, 5.41) is 3.11. The van der Waals surface area contributed by atoms with Crippen molar-refractivity contribution < 1.29 is 17.9 Å². The molecule has 0 atom stereocenters. The first kappa shape index (κ1) is 18.8. The molecular weight excluding hydrogens is 440 g/mol. The summed E-state index contributed by atoms with van der Waals surface area (Å²) in [6.07, 6.45) is -0.147. The highest BCUT2D eigenvalue weighted by atomic mass is 79.9. The van der Waals surface area contributed by atoms with Crippen molar-refractivity contribution in [1.29, 1.82) is 0 Å². The Hall–Kier alpha value is -1.97. The molecule has 9 heteroatoms. The molecular formula is C17H15BrN2O4S2. The molecule has 1 aromatic heterocycles. The molecule has 2 aromatic carbocycles. The van der Waals surface area contributed by atoms with Crippen molar-refractivity contribution in [1.82, 2.24) is 4.98 Å². The maximum Gasteiger partial charge on any atom is 0.227 e. The number of thiazole rings is 1. The molecule has 0 unspecified atom stereocenters. The Morgan fingerprint density at radius 1 is 1.23 bits per heavy atom. The van der Waals surface area contributed by atoms with E-state index in [1.54, 1.807) is 12.1 Å². The molecule has 6 nitrogen and oxygen atoms in total. The summed E-state index contributed by atoms with van der Waals surface area (Å²) in [7, 11) is -2.04. The van der Waals surface area contributed by atoms with Gasteiger partial charge < -0.3 is 10.1 Å². The Morgan fingerprint density at radius 2 is 1.96 bits per heavy atom. The van der Waals surface area contributed by atoms with E-state index in [0.717, 1.165) is 14.7 Å². The summed E-state index contributed by atoms with van der Waals surface area (Å²) < 4.78 is 31.5. The number of methoxy groups -OCH3 is 1. The van der Waals surface area contributed by atoms with Gasteiger partial charge in [-0.05, 0) is 52.3 Å². The largest absolute Gasteiger partial charge is 0.497 e. The second-order valence-corrected chi connectivity index (χ2v) is 9.39. The van der Waals surface area contributed by atoms with Crippen LogP contribution >= 0.6 is 27.3 Å². The van der Waals surface area contributed by atoms with Gasteiger partial charge in [0.2, 0.25) is 5.91 Å². The number of sulfone groups is 1. The van der Waals surface area contributed by atoms with E-state index >= 15 is 0 Å². The van der Waals surface area contributed by atoms with Gasteiger partial charge in [0, 0.05) is 10.9 Å². The van der Waals surface area contributed by atoms with Gasteiger partial charge >= 0.3 is 0 Å². The van der Waals surface area contributed by atoms with Crippen LogP contribution in [0, 0.1) is 0 Å². The number of amides is 1. The smallest absolute Gasteiger partial charge is 0.227 e. The van der Waals surface area contributed by atoms with Gasteiger partial charge in [-0.1, -0.05) is 17.4 Å². The normalized spacial score (nSPS) is 11.5. The van der Waals surface area contributed by atoms with E-state index in [2.05, 4.69) is 26.2 Å². The third-order valence-corrected chi connectivity index (χ3v) is 6.94. The van der Waals surface area contributed by atoms with Crippen molar-refractivity contribution in [2.24, 2.45) is 0 Å². The van der Waals surface area contributed by atoms with Crippen LogP contribution in [0.15, 0.2) is 51.8 Å². The molecule has 1 N–H and O–H groups in total. The van der Waals surface area contributed by atoms with Crippen LogP contribution in [0.5, 0.6) is 5.75 Å². The second-order valence-electron chi connectivity index (χ2n) is 5.40. The van der Waals surface area contributed by atoms with Crippen LogP contribution in [0.4, 0.5) is 5.13 Å². The van der Waals surface area contributed by atoms with Crippen molar-refractivity contribution in [2.75, 3.05) is 18.2 Å². The zero-order chi connectivity index (χ0) is 18.7.